The number of benzene rings is 1. The summed E-state index contributed by atoms with van der Waals surface area (Å²) in [5.41, 5.74) is 0.960. The smallest absolute Gasteiger partial charge is 0.166 e. The average molecular weight is 293 g/mol. The second-order valence-electron chi connectivity index (χ2n) is 6.01. The van der Waals surface area contributed by atoms with Crippen LogP contribution in [0.2, 0.25) is 0 Å². The van der Waals surface area contributed by atoms with Crippen molar-refractivity contribution < 1.29 is 22.8 Å². The summed E-state index contributed by atoms with van der Waals surface area (Å²) in [6.07, 6.45) is 3.39. The summed E-state index contributed by atoms with van der Waals surface area (Å²) in [7, 11) is -2.63. The minimum absolute atomic E-state index is 0.118. The molecule has 4 nitrogen and oxygen atoms in total. The Morgan fingerprint density at radius 1 is 1.52 bits per heavy atom. The van der Waals surface area contributed by atoms with Crippen LogP contribution in [0, 0.1) is 0 Å². The largest absolute Gasteiger partial charge is 0.493 e. The first-order chi connectivity index (χ1) is 12.5. The number of aliphatic hydroxyl groups is 1. The average Bonchev–Trinajstić information content (AvgIpc) is 2.75. The molecule has 0 aromatic heterocycles. The third-order valence-electron chi connectivity index (χ3n) is 4.85. The van der Waals surface area contributed by atoms with Gasteiger partial charge in [0.15, 0.2) is 11.5 Å². The molecule has 0 saturated heterocycles. The van der Waals surface area contributed by atoms with Gasteiger partial charge >= 0.3 is 0 Å². The maximum atomic E-state index is 10.1. The molecular formula is C17H21NO3. The van der Waals surface area contributed by atoms with Gasteiger partial charge in [0.2, 0.25) is 0 Å². The van der Waals surface area contributed by atoms with E-state index in [4.69, 9.17) is 17.7 Å². The highest BCUT2D eigenvalue weighted by molar-refractivity contribution is 5.60. The Morgan fingerprint density at radius 2 is 2.48 bits per heavy atom. The Bertz CT molecular complexity index is 790. The quantitative estimate of drug-likeness (QED) is 0.803. The standard InChI is InChI=1S/C17H21NO3/c1-18-8-7-17-6-5-12(19)9-14(17)21-16-13(20-2)4-3-11(10-18)15(16)17/h3-6,12,14,19H,7-10H2,1-2H3/t12-,14+,17-/m0/s1/i1D3,2D3. The van der Waals surface area contributed by atoms with Gasteiger partial charge in [0.1, 0.15) is 6.10 Å². The summed E-state index contributed by atoms with van der Waals surface area (Å²) in [6.45, 7) is -1.69. The zero-order valence-electron chi connectivity index (χ0n) is 17.5. The van der Waals surface area contributed by atoms with Crippen LogP contribution in [-0.2, 0) is 12.0 Å². The fourth-order valence-corrected chi connectivity index (χ4v) is 3.86. The lowest BCUT2D eigenvalue weighted by atomic mass is 9.69. The van der Waals surface area contributed by atoms with E-state index in [0.717, 1.165) is 11.1 Å². The molecule has 0 amide bonds. The van der Waals surface area contributed by atoms with Crippen molar-refractivity contribution in [3.05, 3.63) is 35.4 Å². The van der Waals surface area contributed by atoms with E-state index in [9.17, 15) is 5.11 Å². The Kier molecular flexibility index (Phi) is 1.75. The molecule has 3 aliphatic rings. The van der Waals surface area contributed by atoms with Gasteiger partial charge in [0.05, 0.1) is 22.7 Å². The molecule has 4 heteroatoms. The summed E-state index contributed by atoms with van der Waals surface area (Å²) >= 11 is 0. The van der Waals surface area contributed by atoms with E-state index in [1.165, 1.54) is 11.0 Å². The van der Waals surface area contributed by atoms with Crippen LogP contribution in [0.15, 0.2) is 24.3 Å². The number of hydrogen-bond donors (Lipinski definition) is 1. The lowest BCUT2D eigenvalue weighted by molar-refractivity contribution is 0.0821. The van der Waals surface area contributed by atoms with Gasteiger partial charge in [0, 0.05) is 22.6 Å². The Hall–Kier alpha value is -1.52. The molecule has 0 saturated carbocycles. The normalized spacial score (nSPS) is 39.3. The van der Waals surface area contributed by atoms with Gasteiger partial charge in [0.25, 0.3) is 0 Å². The topological polar surface area (TPSA) is 41.9 Å². The van der Waals surface area contributed by atoms with Crippen LogP contribution in [0.4, 0.5) is 0 Å². The Labute approximate surface area is 133 Å². The fraction of sp³-hybridized carbons (Fsp3) is 0.529. The van der Waals surface area contributed by atoms with Crippen molar-refractivity contribution in [3.8, 4) is 11.5 Å². The lowest BCUT2D eigenvalue weighted by Crippen LogP contribution is -2.42. The molecule has 0 unspecified atom stereocenters. The molecule has 2 aliphatic heterocycles. The number of rotatable bonds is 1. The van der Waals surface area contributed by atoms with Crippen molar-refractivity contribution in [2.24, 2.45) is 0 Å². The molecule has 4 rings (SSSR count). The number of aliphatic hydroxyl groups excluding tert-OH is 1. The Balaban J connectivity index is 1.87. The first kappa shape index (κ1) is 8.20. The highest BCUT2D eigenvalue weighted by Crippen LogP contribution is 2.55. The minimum Gasteiger partial charge on any atom is -0.493 e. The van der Waals surface area contributed by atoms with E-state index in [2.05, 4.69) is 0 Å². The first-order valence-corrected chi connectivity index (χ1v) is 7.14. The maximum absolute atomic E-state index is 10.1. The van der Waals surface area contributed by atoms with Gasteiger partial charge in [-0.25, -0.2) is 0 Å². The van der Waals surface area contributed by atoms with Crippen molar-refractivity contribution >= 4 is 0 Å². The van der Waals surface area contributed by atoms with Crippen molar-refractivity contribution in [1.82, 2.24) is 4.90 Å². The summed E-state index contributed by atoms with van der Waals surface area (Å²) in [6, 6.07) is 3.24. The predicted molar refractivity (Wildman–Crippen MR) is 79.8 cm³/mol. The predicted octanol–water partition coefficient (Wildman–Crippen LogP) is 1.85. The molecule has 0 fully saturated rings. The van der Waals surface area contributed by atoms with Gasteiger partial charge in [-0.05, 0) is 31.6 Å². The SMILES string of the molecule is [2H]C([2H])([2H])Oc1ccc2c3c1O[C@@H]1C[C@@H](O)C=C[C@@]31CCN(C([2H])([2H])[2H])C2. The van der Waals surface area contributed by atoms with Crippen LogP contribution in [-0.4, -0.2) is 42.8 Å². The zero-order valence-corrected chi connectivity index (χ0v) is 11.5. The molecule has 21 heavy (non-hydrogen) atoms. The molecule has 0 radical (unpaired) electrons. The molecule has 1 aliphatic carbocycles. The van der Waals surface area contributed by atoms with Gasteiger partial charge in [-0.3, -0.25) is 0 Å². The van der Waals surface area contributed by atoms with Crippen LogP contribution in [0.5, 0.6) is 11.5 Å². The van der Waals surface area contributed by atoms with Gasteiger partial charge in [-0.1, -0.05) is 18.2 Å². The molecule has 1 spiro atoms. The summed E-state index contributed by atoms with van der Waals surface area (Å²) < 4.78 is 56.8. The van der Waals surface area contributed by atoms with Crippen LogP contribution >= 0.6 is 0 Å². The van der Waals surface area contributed by atoms with E-state index in [0.29, 0.717) is 25.1 Å². The fourth-order valence-electron chi connectivity index (χ4n) is 3.86. The molecule has 0 bridgehead atoms. The van der Waals surface area contributed by atoms with Crippen LogP contribution in [0.3, 0.4) is 0 Å². The van der Waals surface area contributed by atoms with Gasteiger partial charge < -0.3 is 19.5 Å². The van der Waals surface area contributed by atoms with Crippen LogP contribution in [0.1, 0.15) is 32.2 Å². The van der Waals surface area contributed by atoms with Crippen molar-refractivity contribution in [2.45, 2.75) is 37.0 Å². The van der Waals surface area contributed by atoms with Gasteiger partial charge in [-0.2, -0.15) is 0 Å². The highest BCUT2D eigenvalue weighted by Gasteiger charge is 2.52. The third kappa shape index (κ3) is 1.75. The van der Waals surface area contributed by atoms with E-state index in [1.807, 2.05) is 6.08 Å². The second-order valence-corrected chi connectivity index (χ2v) is 6.01. The molecule has 1 aromatic carbocycles. The van der Waals surface area contributed by atoms with E-state index < -0.39 is 31.6 Å². The van der Waals surface area contributed by atoms with Crippen LogP contribution < -0.4 is 9.47 Å². The van der Waals surface area contributed by atoms with Crippen molar-refractivity contribution in [2.75, 3.05) is 20.6 Å². The number of methoxy groups -OCH3 is 1. The monoisotopic (exact) mass is 293 g/mol. The van der Waals surface area contributed by atoms with E-state index in [1.54, 1.807) is 12.1 Å². The summed E-state index contributed by atoms with van der Waals surface area (Å²) in [4.78, 5) is 1.44. The molecule has 1 N–H and O–H groups in total. The van der Waals surface area contributed by atoms with Crippen LogP contribution in [0.25, 0.3) is 0 Å². The minimum atomic E-state index is -2.63. The lowest BCUT2D eigenvalue weighted by Gasteiger charge is -2.35. The third-order valence-corrected chi connectivity index (χ3v) is 4.85. The van der Waals surface area contributed by atoms with Gasteiger partial charge in [-0.15, -0.1) is 0 Å². The molecule has 1 aromatic rings. The Morgan fingerprint density at radius 3 is 3.33 bits per heavy atom. The number of nitrogens with zero attached hydrogens (tertiary/aromatic N) is 1. The van der Waals surface area contributed by atoms with Crippen molar-refractivity contribution in [3.63, 3.8) is 0 Å². The maximum Gasteiger partial charge on any atom is 0.166 e. The first-order valence-electron chi connectivity index (χ1n) is 10.1. The molecule has 3 atom stereocenters. The summed E-state index contributed by atoms with van der Waals surface area (Å²) in [5, 5.41) is 10.1. The summed E-state index contributed by atoms with van der Waals surface area (Å²) in [5.74, 6) is 0.465. The van der Waals surface area contributed by atoms with Crippen molar-refractivity contribution in [1.29, 1.82) is 0 Å². The molecular weight excluding hydrogens is 266 g/mol. The van der Waals surface area contributed by atoms with E-state index in [-0.39, 0.29) is 12.3 Å². The molecule has 112 valence electrons. The zero-order chi connectivity index (χ0) is 19.6. The second kappa shape index (κ2) is 4.49. The van der Waals surface area contributed by atoms with E-state index >= 15 is 0 Å². The number of ether oxygens (including phenoxy) is 2. The number of hydrogen-bond acceptors (Lipinski definition) is 4. The molecule has 2 heterocycles. The highest BCUT2D eigenvalue weighted by atomic mass is 16.5.